The van der Waals surface area contributed by atoms with E-state index in [4.69, 9.17) is 4.74 Å². The van der Waals surface area contributed by atoms with E-state index in [2.05, 4.69) is 30.4 Å². The molecule has 0 unspecified atom stereocenters. The first-order valence-corrected chi connectivity index (χ1v) is 7.62. The fourth-order valence-electron chi connectivity index (χ4n) is 3.20. The van der Waals surface area contributed by atoms with Crippen molar-refractivity contribution in [3.05, 3.63) is 29.3 Å². The van der Waals surface area contributed by atoms with E-state index in [1.165, 1.54) is 43.4 Å². The van der Waals surface area contributed by atoms with Gasteiger partial charge in [-0.15, -0.1) is 0 Å². The molecule has 0 spiro atoms. The van der Waals surface area contributed by atoms with Gasteiger partial charge in [0.2, 0.25) is 0 Å². The van der Waals surface area contributed by atoms with Crippen LogP contribution in [0.4, 0.5) is 0 Å². The minimum absolute atomic E-state index is 0.958. The van der Waals surface area contributed by atoms with Crippen molar-refractivity contribution in [1.29, 1.82) is 0 Å². The number of hydrogen-bond acceptors (Lipinski definition) is 2. The third kappa shape index (κ3) is 3.30. The molecule has 0 saturated heterocycles. The van der Waals surface area contributed by atoms with Crippen LogP contribution in [-0.4, -0.2) is 13.7 Å². The van der Waals surface area contributed by atoms with E-state index in [0.717, 1.165) is 30.0 Å². The monoisotopic (exact) mass is 259 g/mol. The van der Waals surface area contributed by atoms with Crippen molar-refractivity contribution in [3.8, 4) is 5.75 Å². The summed E-state index contributed by atoms with van der Waals surface area (Å²) in [7, 11) is 1.73. The van der Waals surface area contributed by atoms with Crippen molar-refractivity contribution >= 4 is 0 Å². The molecule has 0 aromatic heterocycles. The molecular weight excluding hydrogens is 234 g/mol. The Balaban J connectivity index is 1.49. The van der Waals surface area contributed by atoms with Crippen LogP contribution in [-0.2, 0) is 6.54 Å². The van der Waals surface area contributed by atoms with E-state index < -0.39 is 0 Å². The molecule has 2 aliphatic carbocycles. The van der Waals surface area contributed by atoms with Crippen LogP contribution in [0.2, 0.25) is 0 Å². The van der Waals surface area contributed by atoms with Crippen LogP contribution in [0.1, 0.15) is 36.8 Å². The van der Waals surface area contributed by atoms with Crippen molar-refractivity contribution in [2.75, 3.05) is 13.7 Å². The highest BCUT2D eigenvalue weighted by atomic mass is 16.5. The van der Waals surface area contributed by atoms with E-state index in [9.17, 15) is 0 Å². The fraction of sp³-hybridized carbons (Fsp3) is 0.647. The van der Waals surface area contributed by atoms with E-state index in [1.807, 2.05) is 0 Å². The molecule has 2 nitrogen and oxygen atoms in total. The first-order valence-electron chi connectivity index (χ1n) is 7.62. The number of ether oxygens (including phenoxy) is 1. The van der Waals surface area contributed by atoms with Crippen molar-refractivity contribution in [3.63, 3.8) is 0 Å². The summed E-state index contributed by atoms with van der Waals surface area (Å²) in [6.07, 6.45) is 5.91. The maximum atomic E-state index is 5.30. The average molecular weight is 259 g/mol. The van der Waals surface area contributed by atoms with Crippen LogP contribution in [0.3, 0.4) is 0 Å². The Kier molecular flexibility index (Phi) is 3.79. The lowest BCUT2D eigenvalue weighted by molar-refractivity contribution is 0.378. The summed E-state index contributed by atoms with van der Waals surface area (Å²) in [6, 6.07) is 6.47. The van der Waals surface area contributed by atoms with Crippen LogP contribution in [0.5, 0.6) is 5.75 Å². The Labute approximate surface area is 116 Å². The summed E-state index contributed by atoms with van der Waals surface area (Å²) in [5.41, 5.74) is 2.59. The normalized spacial score (nSPS) is 18.9. The summed E-state index contributed by atoms with van der Waals surface area (Å²) in [5.74, 6) is 4.02. The largest absolute Gasteiger partial charge is 0.496 e. The molecule has 2 fully saturated rings. The maximum Gasteiger partial charge on any atom is 0.121 e. The minimum Gasteiger partial charge on any atom is -0.496 e. The van der Waals surface area contributed by atoms with E-state index >= 15 is 0 Å². The van der Waals surface area contributed by atoms with Crippen LogP contribution in [0.15, 0.2) is 18.2 Å². The molecule has 1 N–H and O–H groups in total. The molecule has 0 heterocycles. The summed E-state index contributed by atoms with van der Waals surface area (Å²) >= 11 is 0. The van der Waals surface area contributed by atoms with Crippen molar-refractivity contribution < 1.29 is 4.74 Å². The van der Waals surface area contributed by atoms with Gasteiger partial charge in [0.1, 0.15) is 5.75 Å². The van der Waals surface area contributed by atoms with Gasteiger partial charge >= 0.3 is 0 Å². The second-order valence-electron chi connectivity index (χ2n) is 6.27. The van der Waals surface area contributed by atoms with E-state index in [1.54, 1.807) is 7.11 Å². The molecular formula is C17H25NO. The molecule has 0 amide bonds. The Morgan fingerprint density at radius 2 is 1.89 bits per heavy atom. The van der Waals surface area contributed by atoms with Gasteiger partial charge in [-0.05, 0) is 74.1 Å². The van der Waals surface area contributed by atoms with Gasteiger partial charge in [0.25, 0.3) is 0 Å². The molecule has 1 aromatic rings. The molecule has 2 aliphatic rings. The smallest absolute Gasteiger partial charge is 0.121 e. The molecule has 1 aromatic carbocycles. The van der Waals surface area contributed by atoms with Gasteiger partial charge in [-0.3, -0.25) is 0 Å². The van der Waals surface area contributed by atoms with Crippen LogP contribution in [0.25, 0.3) is 0 Å². The summed E-state index contributed by atoms with van der Waals surface area (Å²) in [4.78, 5) is 0. The molecule has 0 radical (unpaired) electrons. The number of methoxy groups -OCH3 is 1. The van der Waals surface area contributed by atoms with Crippen LogP contribution >= 0.6 is 0 Å². The zero-order valence-electron chi connectivity index (χ0n) is 12.1. The lowest BCUT2D eigenvalue weighted by Gasteiger charge is -2.16. The van der Waals surface area contributed by atoms with Gasteiger partial charge in [0, 0.05) is 6.54 Å². The predicted octanol–water partition coefficient (Wildman–Crippen LogP) is 3.53. The Hall–Kier alpha value is -1.02. The lowest BCUT2D eigenvalue weighted by Crippen LogP contribution is -2.25. The second kappa shape index (κ2) is 5.54. The van der Waals surface area contributed by atoms with Gasteiger partial charge in [-0.1, -0.05) is 12.1 Å². The molecule has 2 heteroatoms. The zero-order chi connectivity index (χ0) is 13.2. The number of hydrogen-bond donors (Lipinski definition) is 1. The molecule has 19 heavy (non-hydrogen) atoms. The van der Waals surface area contributed by atoms with Crippen molar-refractivity contribution in [2.45, 2.75) is 39.2 Å². The van der Waals surface area contributed by atoms with Crippen LogP contribution < -0.4 is 10.1 Å². The number of rotatable bonds is 7. The number of nitrogens with one attached hydrogen (secondary N) is 1. The Morgan fingerprint density at radius 1 is 1.21 bits per heavy atom. The van der Waals surface area contributed by atoms with Gasteiger partial charge in [0.05, 0.1) is 7.11 Å². The van der Waals surface area contributed by atoms with Gasteiger partial charge < -0.3 is 10.1 Å². The SMILES string of the molecule is COc1ccc(CNCC(C2CC2)C2CC2)cc1C. The van der Waals surface area contributed by atoms with E-state index in [0.29, 0.717) is 0 Å². The zero-order valence-corrected chi connectivity index (χ0v) is 12.1. The summed E-state index contributed by atoms with van der Waals surface area (Å²) < 4.78 is 5.30. The van der Waals surface area contributed by atoms with Gasteiger partial charge in [-0.25, -0.2) is 0 Å². The third-order valence-electron chi connectivity index (χ3n) is 4.62. The summed E-state index contributed by atoms with van der Waals surface area (Å²) in [6.45, 7) is 4.31. The lowest BCUT2D eigenvalue weighted by atomic mass is 9.98. The van der Waals surface area contributed by atoms with Gasteiger partial charge in [-0.2, -0.15) is 0 Å². The molecule has 3 rings (SSSR count). The van der Waals surface area contributed by atoms with Crippen molar-refractivity contribution in [2.24, 2.45) is 17.8 Å². The van der Waals surface area contributed by atoms with Crippen molar-refractivity contribution in [1.82, 2.24) is 5.32 Å². The number of benzene rings is 1. The fourth-order valence-corrected chi connectivity index (χ4v) is 3.20. The highest BCUT2D eigenvalue weighted by Gasteiger charge is 2.40. The number of aryl methyl sites for hydroxylation is 1. The predicted molar refractivity (Wildman–Crippen MR) is 78.4 cm³/mol. The molecule has 0 atom stereocenters. The first-order chi connectivity index (χ1) is 9.28. The topological polar surface area (TPSA) is 21.3 Å². The minimum atomic E-state index is 0.958. The highest BCUT2D eigenvalue weighted by molar-refractivity contribution is 5.36. The standard InChI is InChI=1S/C17H25NO/c1-12-9-13(3-8-17(12)19-2)10-18-11-16(14-4-5-14)15-6-7-15/h3,8-9,14-16,18H,4-7,10-11H2,1-2H3. The molecule has 0 bridgehead atoms. The Morgan fingerprint density at radius 3 is 2.42 bits per heavy atom. The molecule has 104 valence electrons. The quantitative estimate of drug-likeness (QED) is 0.809. The highest BCUT2D eigenvalue weighted by Crippen LogP contribution is 2.48. The Bertz CT molecular complexity index is 423. The summed E-state index contributed by atoms with van der Waals surface area (Å²) in [5, 5.41) is 3.67. The van der Waals surface area contributed by atoms with Crippen LogP contribution in [0, 0.1) is 24.7 Å². The molecule has 2 saturated carbocycles. The third-order valence-corrected chi connectivity index (χ3v) is 4.62. The molecule has 0 aliphatic heterocycles. The maximum absolute atomic E-state index is 5.30. The van der Waals surface area contributed by atoms with E-state index in [-0.39, 0.29) is 0 Å². The first kappa shape index (κ1) is 13.0. The van der Waals surface area contributed by atoms with Gasteiger partial charge in [0.15, 0.2) is 0 Å². The average Bonchev–Trinajstić information content (AvgIpc) is 3.28. The second-order valence-corrected chi connectivity index (χ2v) is 6.27.